The number of carbonyl (C=O) groups excluding carboxylic acids is 1. The molecule has 1 aliphatic carbocycles. The van der Waals surface area contributed by atoms with Gasteiger partial charge < -0.3 is 9.29 Å². The second kappa shape index (κ2) is 5.79. The average Bonchev–Trinajstić information content (AvgIpc) is 2.51. The van der Waals surface area contributed by atoms with E-state index in [1.54, 1.807) is 36.4 Å². The summed E-state index contributed by atoms with van der Waals surface area (Å²) >= 11 is 6.18. The van der Waals surface area contributed by atoms with E-state index >= 15 is 0 Å². The number of ketones is 1. The molecule has 0 bridgehead atoms. The van der Waals surface area contributed by atoms with Gasteiger partial charge in [0.2, 0.25) is 0 Å². The first-order chi connectivity index (χ1) is 10.1. The van der Waals surface area contributed by atoms with E-state index in [0.717, 1.165) is 6.42 Å². The Balaban J connectivity index is 2.23. The fourth-order valence-electron chi connectivity index (χ4n) is 2.47. The van der Waals surface area contributed by atoms with Crippen molar-refractivity contribution >= 4 is 33.0 Å². The lowest BCUT2D eigenvalue weighted by Crippen LogP contribution is -2.27. The first-order valence-electron chi connectivity index (χ1n) is 6.78. The number of hydrogen-bond donors (Lipinski definition) is 0. The Morgan fingerprint density at radius 3 is 2.95 bits per heavy atom. The zero-order valence-corrected chi connectivity index (χ0v) is 13.0. The summed E-state index contributed by atoms with van der Waals surface area (Å²) < 4.78 is 18.5. The smallest absolute Gasteiger partial charge is 0.177 e. The zero-order valence-electron chi connectivity index (χ0n) is 11.5. The molecule has 2 aliphatic rings. The van der Waals surface area contributed by atoms with Gasteiger partial charge in [-0.15, -0.1) is 0 Å². The SMILES string of the molecule is CCCOc1ccc(Cl)c2c1S([O-])=C1C=CC=CC1C2=O. The van der Waals surface area contributed by atoms with E-state index in [0.29, 0.717) is 32.7 Å². The highest BCUT2D eigenvalue weighted by molar-refractivity contribution is 8.11. The van der Waals surface area contributed by atoms with Crippen LogP contribution >= 0.6 is 22.4 Å². The lowest BCUT2D eigenvalue weighted by atomic mass is 9.91. The molecule has 0 aromatic heterocycles. The molecule has 21 heavy (non-hydrogen) atoms. The van der Waals surface area contributed by atoms with Crippen molar-refractivity contribution in [1.29, 1.82) is 0 Å². The quantitative estimate of drug-likeness (QED) is 0.791. The summed E-state index contributed by atoms with van der Waals surface area (Å²) in [5.41, 5.74) is 0.331. The molecular formula is C16H14ClO3S-. The van der Waals surface area contributed by atoms with E-state index < -0.39 is 16.7 Å². The predicted octanol–water partition coefficient (Wildman–Crippen LogP) is 4.00. The van der Waals surface area contributed by atoms with Gasteiger partial charge in [-0.25, -0.2) is 10.8 Å². The summed E-state index contributed by atoms with van der Waals surface area (Å²) in [5, 5.41) is 0.328. The minimum atomic E-state index is -1.43. The van der Waals surface area contributed by atoms with Gasteiger partial charge in [0.15, 0.2) is 5.78 Å². The summed E-state index contributed by atoms with van der Waals surface area (Å²) in [7, 11) is -1.43. The number of halogens is 1. The van der Waals surface area contributed by atoms with Gasteiger partial charge in [0.1, 0.15) is 5.75 Å². The fourth-order valence-corrected chi connectivity index (χ4v) is 4.34. The lowest BCUT2D eigenvalue weighted by Gasteiger charge is -2.33. The first kappa shape index (κ1) is 14.6. The molecule has 0 radical (unpaired) electrons. The molecule has 0 fully saturated rings. The number of carbonyl (C=O) groups is 1. The Morgan fingerprint density at radius 2 is 2.19 bits per heavy atom. The van der Waals surface area contributed by atoms with E-state index in [1.165, 1.54) is 0 Å². The van der Waals surface area contributed by atoms with Gasteiger partial charge in [0.05, 0.1) is 23.1 Å². The number of allylic oxidation sites excluding steroid dienone is 4. The molecular weight excluding hydrogens is 308 g/mol. The zero-order chi connectivity index (χ0) is 15.0. The van der Waals surface area contributed by atoms with Crippen molar-refractivity contribution in [3.8, 4) is 5.75 Å². The summed E-state index contributed by atoms with van der Waals surface area (Å²) in [6.07, 6.45) is 7.92. The molecule has 0 saturated carbocycles. The highest BCUT2D eigenvalue weighted by Gasteiger charge is 2.32. The van der Waals surface area contributed by atoms with Crippen LogP contribution in [0.25, 0.3) is 0 Å². The van der Waals surface area contributed by atoms with Crippen LogP contribution in [0.4, 0.5) is 0 Å². The molecule has 2 atom stereocenters. The monoisotopic (exact) mass is 321 g/mol. The molecule has 110 valence electrons. The Hall–Kier alpha value is -1.36. The first-order valence-corrected chi connectivity index (χ1v) is 8.31. The minimum absolute atomic E-state index is 0.118. The maximum Gasteiger partial charge on any atom is 0.177 e. The van der Waals surface area contributed by atoms with Crippen molar-refractivity contribution in [2.75, 3.05) is 6.61 Å². The number of fused-ring (bicyclic) bond motifs is 2. The largest absolute Gasteiger partial charge is 0.799 e. The minimum Gasteiger partial charge on any atom is -0.799 e. The number of ether oxygens (including phenoxy) is 1. The van der Waals surface area contributed by atoms with Gasteiger partial charge in [-0.1, -0.05) is 42.8 Å². The van der Waals surface area contributed by atoms with Crippen LogP contribution in [0.15, 0.2) is 41.3 Å². The van der Waals surface area contributed by atoms with Crippen LogP contribution in [-0.2, 0) is 0 Å². The topological polar surface area (TPSA) is 49.4 Å². The average molecular weight is 322 g/mol. The normalized spacial score (nSPS) is 23.0. The highest BCUT2D eigenvalue weighted by atomic mass is 35.5. The van der Waals surface area contributed by atoms with Crippen LogP contribution in [-0.4, -0.2) is 21.8 Å². The van der Waals surface area contributed by atoms with Crippen LogP contribution in [0.2, 0.25) is 5.02 Å². The van der Waals surface area contributed by atoms with Crippen molar-refractivity contribution in [1.82, 2.24) is 0 Å². The molecule has 1 aromatic carbocycles. The van der Waals surface area contributed by atoms with Gasteiger partial charge in [0, 0.05) is 4.90 Å². The summed E-state index contributed by atoms with van der Waals surface area (Å²) in [4.78, 5) is 13.7. The van der Waals surface area contributed by atoms with Gasteiger partial charge in [-0.2, -0.15) is 0 Å². The van der Waals surface area contributed by atoms with Crippen molar-refractivity contribution in [3.63, 3.8) is 0 Å². The van der Waals surface area contributed by atoms with Gasteiger partial charge in [0.25, 0.3) is 0 Å². The molecule has 1 aliphatic heterocycles. The van der Waals surface area contributed by atoms with Crippen molar-refractivity contribution in [3.05, 3.63) is 47.0 Å². The number of benzene rings is 1. The van der Waals surface area contributed by atoms with Crippen LogP contribution in [0.5, 0.6) is 5.75 Å². The van der Waals surface area contributed by atoms with Crippen molar-refractivity contribution < 1.29 is 14.1 Å². The van der Waals surface area contributed by atoms with Gasteiger partial charge in [-0.05, 0) is 23.4 Å². The van der Waals surface area contributed by atoms with E-state index in [9.17, 15) is 9.35 Å². The van der Waals surface area contributed by atoms with Crippen LogP contribution < -0.4 is 4.74 Å². The van der Waals surface area contributed by atoms with E-state index in [4.69, 9.17) is 16.3 Å². The molecule has 1 heterocycles. The molecule has 0 N–H and O–H groups in total. The van der Waals surface area contributed by atoms with E-state index in [2.05, 4.69) is 0 Å². The predicted molar refractivity (Wildman–Crippen MR) is 85.0 cm³/mol. The maximum atomic E-state index is 12.8. The number of hydrogen-bond acceptors (Lipinski definition) is 3. The number of Topliss-reactive ketones (excluding diaryl/α,β-unsaturated/α-hetero) is 1. The van der Waals surface area contributed by atoms with E-state index in [-0.39, 0.29) is 5.78 Å². The molecule has 0 amide bonds. The van der Waals surface area contributed by atoms with Gasteiger partial charge >= 0.3 is 0 Å². The highest BCUT2D eigenvalue weighted by Crippen LogP contribution is 2.46. The van der Waals surface area contributed by atoms with Crippen molar-refractivity contribution in [2.45, 2.75) is 18.2 Å². The Morgan fingerprint density at radius 1 is 1.38 bits per heavy atom. The second-order valence-corrected chi connectivity index (χ2v) is 6.68. The molecule has 2 unspecified atom stereocenters. The molecule has 0 spiro atoms. The summed E-state index contributed by atoms with van der Waals surface area (Å²) in [6.45, 7) is 2.50. The summed E-state index contributed by atoms with van der Waals surface area (Å²) in [6, 6.07) is 3.32. The maximum absolute atomic E-state index is 12.8. The third-order valence-corrected chi connectivity index (χ3v) is 5.35. The second-order valence-electron chi connectivity index (χ2n) is 4.86. The van der Waals surface area contributed by atoms with E-state index in [1.807, 2.05) is 6.92 Å². The van der Waals surface area contributed by atoms with Crippen molar-refractivity contribution in [2.24, 2.45) is 5.92 Å². The molecule has 1 aromatic rings. The third-order valence-electron chi connectivity index (χ3n) is 3.44. The van der Waals surface area contributed by atoms with Crippen LogP contribution in [0, 0.1) is 5.92 Å². The Labute approximate surface area is 131 Å². The molecule has 3 nitrogen and oxygen atoms in total. The van der Waals surface area contributed by atoms with Gasteiger partial charge in [-0.3, -0.25) is 4.79 Å². The Bertz CT molecular complexity index is 704. The standard InChI is InChI=1S/C16H14ClO3S/c1-2-9-20-12-8-7-11(17)14-15(18)10-5-3-4-6-13(10)21(19)16(12)14/h3-8,10H,2,9H2,1H3/q-1. The summed E-state index contributed by atoms with van der Waals surface area (Å²) in [5.74, 6) is -0.119. The molecule has 5 heteroatoms. The number of rotatable bonds is 3. The third kappa shape index (κ3) is 2.37. The molecule has 3 rings (SSSR count). The Kier molecular flexibility index (Phi) is 4.02. The molecule has 0 saturated heterocycles. The van der Waals surface area contributed by atoms with Crippen LogP contribution in [0.1, 0.15) is 23.7 Å². The fraction of sp³-hybridized carbons (Fsp3) is 0.250. The van der Waals surface area contributed by atoms with Crippen LogP contribution in [0.3, 0.4) is 0 Å². The lowest BCUT2D eigenvalue weighted by molar-refractivity contribution is 0.0968.